The van der Waals surface area contributed by atoms with E-state index in [1.54, 1.807) is 12.4 Å². The monoisotopic (exact) mass is 218 g/mol. The van der Waals surface area contributed by atoms with Gasteiger partial charge in [-0.15, -0.1) is 0 Å². The molecule has 0 amide bonds. The van der Waals surface area contributed by atoms with E-state index < -0.39 is 0 Å². The lowest BCUT2D eigenvalue weighted by atomic mass is 10.4. The van der Waals surface area contributed by atoms with Crippen molar-refractivity contribution in [3.05, 3.63) is 36.0 Å². The average molecular weight is 218 g/mol. The van der Waals surface area contributed by atoms with Crippen LogP contribution in [0.1, 0.15) is 11.5 Å². The molecule has 0 saturated carbocycles. The van der Waals surface area contributed by atoms with E-state index in [2.05, 4.69) is 9.97 Å². The van der Waals surface area contributed by atoms with E-state index >= 15 is 0 Å². The maximum atomic E-state index is 5.48. The number of aryl methyl sites for hydroxylation is 1. The first-order valence-corrected chi connectivity index (χ1v) is 4.99. The molecule has 0 aromatic carbocycles. The van der Waals surface area contributed by atoms with Crippen LogP contribution in [0.5, 0.6) is 0 Å². The maximum absolute atomic E-state index is 5.48. The van der Waals surface area contributed by atoms with Gasteiger partial charge in [-0.05, 0) is 19.1 Å². The highest BCUT2D eigenvalue weighted by Gasteiger charge is 2.06. The molecular weight excluding hydrogens is 204 g/mol. The molecule has 2 aromatic rings. The van der Waals surface area contributed by atoms with Gasteiger partial charge >= 0.3 is 0 Å². The zero-order chi connectivity index (χ0) is 11.5. The second-order valence-corrected chi connectivity index (χ2v) is 3.67. The molecule has 2 heterocycles. The molecule has 84 valence electrons. The molecule has 0 aliphatic rings. The van der Waals surface area contributed by atoms with E-state index in [0.717, 1.165) is 17.3 Å². The van der Waals surface area contributed by atoms with Gasteiger partial charge in [0.05, 0.1) is 18.9 Å². The summed E-state index contributed by atoms with van der Waals surface area (Å²) in [5.41, 5.74) is 5.47. The normalized spacial score (nSPS) is 10.4. The van der Waals surface area contributed by atoms with Crippen LogP contribution in [0.3, 0.4) is 0 Å². The Morgan fingerprint density at radius 3 is 2.69 bits per heavy atom. The fraction of sp³-hybridized carbons (Fsp3) is 0.273. The lowest BCUT2D eigenvalue weighted by Gasteiger charge is -2.15. The highest BCUT2D eigenvalue weighted by Crippen LogP contribution is 2.13. The molecule has 0 bridgehead atoms. The SMILES string of the molecule is Cc1ccc(CN(C)c2cnc(N)cn2)o1. The number of rotatable bonds is 3. The molecule has 0 aliphatic carbocycles. The van der Waals surface area contributed by atoms with Gasteiger partial charge in [-0.2, -0.15) is 0 Å². The molecule has 2 rings (SSSR count). The Morgan fingerprint density at radius 2 is 2.12 bits per heavy atom. The van der Waals surface area contributed by atoms with Crippen LogP contribution in [-0.4, -0.2) is 17.0 Å². The Labute approximate surface area is 93.9 Å². The lowest BCUT2D eigenvalue weighted by molar-refractivity contribution is 0.481. The van der Waals surface area contributed by atoms with Gasteiger partial charge in [0, 0.05) is 7.05 Å². The molecule has 0 atom stereocenters. The Hall–Kier alpha value is -2.04. The Kier molecular flexibility index (Phi) is 2.76. The van der Waals surface area contributed by atoms with Crippen molar-refractivity contribution in [2.75, 3.05) is 17.7 Å². The Morgan fingerprint density at radius 1 is 1.31 bits per heavy atom. The Balaban J connectivity index is 2.08. The predicted octanol–water partition coefficient (Wildman–Crippen LogP) is 1.60. The van der Waals surface area contributed by atoms with Gasteiger partial charge in [0.2, 0.25) is 0 Å². The van der Waals surface area contributed by atoms with Crippen LogP contribution >= 0.6 is 0 Å². The first-order chi connectivity index (χ1) is 7.65. The van der Waals surface area contributed by atoms with Crippen LogP contribution in [0.2, 0.25) is 0 Å². The maximum Gasteiger partial charge on any atom is 0.147 e. The quantitative estimate of drug-likeness (QED) is 0.847. The number of furan rings is 1. The van der Waals surface area contributed by atoms with Crippen molar-refractivity contribution in [2.24, 2.45) is 0 Å². The molecule has 16 heavy (non-hydrogen) atoms. The van der Waals surface area contributed by atoms with Crippen molar-refractivity contribution in [3.63, 3.8) is 0 Å². The molecule has 0 fully saturated rings. The number of nitrogens with two attached hydrogens (primary N) is 1. The van der Waals surface area contributed by atoms with Crippen molar-refractivity contribution >= 4 is 11.6 Å². The minimum atomic E-state index is 0.422. The smallest absolute Gasteiger partial charge is 0.147 e. The third-order valence-corrected chi connectivity index (χ3v) is 2.24. The number of aromatic nitrogens is 2. The van der Waals surface area contributed by atoms with E-state index in [4.69, 9.17) is 10.2 Å². The highest BCUT2D eigenvalue weighted by molar-refractivity contribution is 5.38. The number of hydrogen-bond acceptors (Lipinski definition) is 5. The summed E-state index contributed by atoms with van der Waals surface area (Å²) in [6.45, 7) is 2.58. The van der Waals surface area contributed by atoms with E-state index in [1.165, 1.54) is 0 Å². The fourth-order valence-electron chi connectivity index (χ4n) is 1.41. The summed E-state index contributed by atoms with van der Waals surface area (Å²) in [7, 11) is 1.93. The number of hydrogen-bond donors (Lipinski definition) is 1. The van der Waals surface area contributed by atoms with E-state index in [9.17, 15) is 0 Å². The average Bonchev–Trinajstić information content (AvgIpc) is 2.65. The predicted molar refractivity (Wildman–Crippen MR) is 62.0 cm³/mol. The van der Waals surface area contributed by atoms with Gasteiger partial charge in [-0.25, -0.2) is 9.97 Å². The molecule has 0 aliphatic heterocycles. The molecule has 2 aromatic heterocycles. The standard InChI is InChI=1S/C11H14N4O/c1-8-3-4-9(16-8)7-15(2)11-6-13-10(12)5-14-11/h3-6H,7H2,1-2H3,(H2,12,13). The zero-order valence-corrected chi connectivity index (χ0v) is 9.34. The van der Waals surface area contributed by atoms with Crippen LogP contribution in [0.4, 0.5) is 11.6 Å². The minimum absolute atomic E-state index is 0.422. The largest absolute Gasteiger partial charge is 0.464 e. The van der Waals surface area contributed by atoms with Gasteiger partial charge in [-0.3, -0.25) is 0 Å². The molecule has 0 saturated heterocycles. The van der Waals surface area contributed by atoms with Crippen molar-refractivity contribution < 1.29 is 4.42 Å². The minimum Gasteiger partial charge on any atom is -0.464 e. The fourth-order valence-corrected chi connectivity index (χ4v) is 1.41. The van der Waals surface area contributed by atoms with Crippen LogP contribution in [0.25, 0.3) is 0 Å². The van der Waals surface area contributed by atoms with Crippen molar-refractivity contribution in [2.45, 2.75) is 13.5 Å². The summed E-state index contributed by atoms with van der Waals surface area (Å²) in [5.74, 6) is 3.00. The van der Waals surface area contributed by atoms with E-state index in [0.29, 0.717) is 12.4 Å². The zero-order valence-electron chi connectivity index (χ0n) is 9.34. The van der Waals surface area contributed by atoms with Gasteiger partial charge < -0.3 is 15.1 Å². The highest BCUT2D eigenvalue weighted by atomic mass is 16.3. The van der Waals surface area contributed by atoms with Gasteiger partial charge in [0.1, 0.15) is 23.2 Å². The third-order valence-electron chi connectivity index (χ3n) is 2.24. The van der Waals surface area contributed by atoms with Gasteiger partial charge in [0.25, 0.3) is 0 Å². The molecular formula is C11H14N4O. The lowest BCUT2D eigenvalue weighted by Crippen LogP contribution is -2.17. The number of nitrogens with zero attached hydrogens (tertiary/aromatic N) is 3. The first kappa shape index (κ1) is 10.5. The van der Waals surface area contributed by atoms with Crippen molar-refractivity contribution in [1.29, 1.82) is 0 Å². The van der Waals surface area contributed by atoms with Crippen LogP contribution in [0.15, 0.2) is 28.9 Å². The first-order valence-electron chi connectivity index (χ1n) is 4.99. The van der Waals surface area contributed by atoms with Crippen molar-refractivity contribution in [3.8, 4) is 0 Å². The molecule has 0 radical (unpaired) electrons. The van der Waals surface area contributed by atoms with Crippen LogP contribution in [0, 0.1) is 6.92 Å². The topological polar surface area (TPSA) is 68.2 Å². The van der Waals surface area contributed by atoms with Crippen molar-refractivity contribution in [1.82, 2.24) is 9.97 Å². The number of nitrogen functional groups attached to an aromatic ring is 1. The third kappa shape index (κ3) is 2.31. The molecule has 0 spiro atoms. The summed E-state index contributed by atoms with van der Waals surface area (Å²) in [6, 6.07) is 3.90. The summed E-state index contributed by atoms with van der Waals surface area (Å²) < 4.78 is 5.48. The summed E-state index contributed by atoms with van der Waals surface area (Å²) in [6.07, 6.45) is 3.18. The number of anilines is 2. The van der Waals surface area contributed by atoms with Crippen LogP contribution < -0.4 is 10.6 Å². The molecule has 5 nitrogen and oxygen atoms in total. The van der Waals surface area contributed by atoms with Gasteiger partial charge in [-0.1, -0.05) is 0 Å². The molecule has 0 unspecified atom stereocenters. The summed E-state index contributed by atoms with van der Waals surface area (Å²) >= 11 is 0. The Bertz CT molecular complexity index is 463. The molecule has 5 heteroatoms. The van der Waals surface area contributed by atoms with Crippen LogP contribution in [-0.2, 0) is 6.54 Å². The summed E-state index contributed by atoms with van der Waals surface area (Å²) in [4.78, 5) is 10.1. The van der Waals surface area contributed by atoms with Gasteiger partial charge in [0.15, 0.2) is 0 Å². The summed E-state index contributed by atoms with van der Waals surface area (Å²) in [5, 5.41) is 0. The second-order valence-electron chi connectivity index (χ2n) is 3.67. The van der Waals surface area contributed by atoms with E-state index in [-0.39, 0.29) is 0 Å². The second kappa shape index (κ2) is 4.22. The van der Waals surface area contributed by atoms with E-state index in [1.807, 2.05) is 31.0 Å². The molecule has 2 N–H and O–H groups in total.